The van der Waals surface area contributed by atoms with Crippen molar-refractivity contribution in [1.29, 1.82) is 5.26 Å². The Bertz CT molecular complexity index is 492. The highest BCUT2D eigenvalue weighted by atomic mass is 32.2. The third kappa shape index (κ3) is 3.32. The summed E-state index contributed by atoms with van der Waals surface area (Å²) in [4.78, 5) is 1.36. The van der Waals surface area contributed by atoms with Crippen molar-refractivity contribution in [3.05, 3.63) is 29.3 Å². The van der Waals surface area contributed by atoms with Gasteiger partial charge in [-0.15, -0.1) is 11.8 Å². The maximum Gasteiger partial charge on any atom is 0.107 e. The number of nitriles is 1. The van der Waals surface area contributed by atoms with E-state index in [1.165, 1.54) is 22.4 Å². The molecule has 0 aliphatic heterocycles. The zero-order valence-electron chi connectivity index (χ0n) is 12.0. The van der Waals surface area contributed by atoms with E-state index in [9.17, 15) is 5.26 Å². The number of thioether (sulfide) groups is 1. The molecule has 0 saturated heterocycles. The van der Waals surface area contributed by atoms with Gasteiger partial charge in [-0.05, 0) is 58.2 Å². The fourth-order valence-corrected chi connectivity index (χ4v) is 4.22. The van der Waals surface area contributed by atoms with Gasteiger partial charge in [-0.1, -0.05) is 17.7 Å². The van der Waals surface area contributed by atoms with Crippen LogP contribution in [0.3, 0.4) is 0 Å². The molecule has 0 bridgehead atoms. The van der Waals surface area contributed by atoms with Gasteiger partial charge >= 0.3 is 0 Å². The summed E-state index contributed by atoms with van der Waals surface area (Å²) in [5.74, 6) is 0. The van der Waals surface area contributed by atoms with Gasteiger partial charge in [-0.2, -0.15) is 5.26 Å². The molecule has 1 aromatic rings. The minimum absolute atomic E-state index is 0.311. The Hall–Kier alpha value is -0.980. The molecule has 3 heteroatoms. The molecule has 0 radical (unpaired) electrons. The van der Waals surface area contributed by atoms with Crippen LogP contribution in [-0.2, 0) is 0 Å². The van der Waals surface area contributed by atoms with Crippen LogP contribution in [0.25, 0.3) is 0 Å². The molecule has 2 rings (SSSR count). The molecule has 2 unspecified atom stereocenters. The van der Waals surface area contributed by atoms with E-state index in [4.69, 9.17) is 0 Å². The first-order valence-electron chi connectivity index (χ1n) is 6.93. The third-order valence-corrected chi connectivity index (χ3v) is 5.47. The van der Waals surface area contributed by atoms with E-state index in [1.807, 2.05) is 18.8 Å². The lowest BCUT2D eigenvalue weighted by Crippen LogP contribution is -2.46. The second-order valence-corrected chi connectivity index (χ2v) is 6.89. The molecule has 2 nitrogen and oxygen atoms in total. The summed E-state index contributed by atoms with van der Waals surface area (Å²) in [6.45, 7) is 4.30. The predicted octanol–water partition coefficient (Wildman–Crippen LogP) is 3.82. The zero-order valence-corrected chi connectivity index (χ0v) is 12.8. The first-order valence-corrected chi connectivity index (χ1v) is 7.80. The van der Waals surface area contributed by atoms with Crippen molar-refractivity contribution in [2.24, 2.45) is 0 Å². The Morgan fingerprint density at radius 1 is 1.42 bits per heavy atom. The first-order chi connectivity index (χ1) is 9.08. The molecule has 1 aromatic carbocycles. The lowest BCUT2D eigenvalue weighted by molar-refractivity contribution is 0.323. The van der Waals surface area contributed by atoms with Gasteiger partial charge in [0.15, 0.2) is 0 Å². The van der Waals surface area contributed by atoms with E-state index < -0.39 is 0 Å². The van der Waals surface area contributed by atoms with E-state index in [2.05, 4.69) is 43.4 Å². The van der Waals surface area contributed by atoms with Crippen molar-refractivity contribution in [2.75, 3.05) is 7.05 Å². The molecule has 1 fully saturated rings. The number of nitrogens with zero attached hydrogens (tertiary/aromatic N) is 1. The highest BCUT2D eigenvalue weighted by Gasteiger charge is 2.35. The summed E-state index contributed by atoms with van der Waals surface area (Å²) in [5.41, 5.74) is 2.35. The van der Waals surface area contributed by atoms with Crippen LogP contribution >= 0.6 is 11.8 Å². The number of benzene rings is 1. The van der Waals surface area contributed by atoms with Crippen molar-refractivity contribution < 1.29 is 0 Å². The SMILES string of the molecule is CNC1(C#N)CCCC(Sc2ccc(C)cc2C)C1. The second kappa shape index (κ2) is 5.98. The molecule has 0 amide bonds. The summed E-state index contributed by atoms with van der Waals surface area (Å²) < 4.78 is 0. The van der Waals surface area contributed by atoms with Crippen LogP contribution in [0.4, 0.5) is 0 Å². The van der Waals surface area contributed by atoms with Crippen molar-refractivity contribution in [2.45, 2.75) is 55.2 Å². The largest absolute Gasteiger partial charge is 0.302 e. The van der Waals surface area contributed by atoms with Crippen molar-refractivity contribution in [3.63, 3.8) is 0 Å². The van der Waals surface area contributed by atoms with Crippen LogP contribution in [-0.4, -0.2) is 17.8 Å². The van der Waals surface area contributed by atoms with Gasteiger partial charge in [0.2, 0.25) is 0 Å². The molecule has 0 heterocycles. The molecule has 0 spiro atoms. The highest BCUT2D eigenvalue weighted by Crippen LogP contribution is 2.39. The third-order valence-electron chi connectivity index (χ3n) is 4.02. The first kappa shape index (κ1) is 14.4. The van der Waals surface area contributed by atoms with Gasteiger partial charge in [0.1, 0.15) is 5.54 Å². The Morgan fingerprint density at radius 3 is 2.84 bits per heavy atom. The highest BCUT2D eigenvalue weighted by molar-refractivity contribution is 8.00. The number of hydrogen-bond donors (Lipinski definition) is 1. The van der Waals surface area contributed by atoms with Crippen LogP contribution in [0.15, 0.2) is 23.1 Å². The van der Waals surface area contributed by atoms with E-state index in [-0.39, 0.29) is 5.54 Å². The van der Waals surface area contributed by atoms with Crippen LogP contribution in [0.2, 0.25) is 0 Å². The molecule has 1 N–H and O–H groups in total. The number of hydrogen-bond acceptors (Lipinski definition) is 3. The predicted molar refractivity (Wildman–Crippen MR) is 81.4 cm³/mol. The average molecular weight is 274 g/mol. The van der Waals surface area contributed by atoms with E-state index in [0.717, 1.165) is 19.3 Å². The number of rotatable bonds is 3. The molecule has 1 aliphatic rings. The van der Waals surface area contributed by atoms with Crippen molar-refractivity contribution in [1.82, 2.24) is 5.32 Å². The van der Waals surface area contributed by atoms with Gasteiger partial charge in [-0.3, -0.25) is 0 Å². The minimum atomic E-state index is -0.311. The van der Waals surface area contributed by atoms with E-state index >= 15 is 0 Å². The van der Waals surface area contributed by atoms with Crippen LogP contribution in [0.5, 0.6) is 0 Å². The molecule has 0 aromatic heterocycles. The molecule has 1 saturated carbocycles. The Morgan fingerprint density at radius 2 is 2.21 bits per heavy atom. The lowest BCUT2D eigenvalue weighted by atomic mass is 9.83. The average Bonchev–Trinajstić information content (AvgIpc) is 2.42. The van der Waals surface area contributed by atoms with E-state index in [0.29, 0.717) is 5.25 Å². The maximum atomic E-state index is 9.39. The Kier molecular flexibility index (Phi) is 4.54. The van der Waals surface area contributed by atoms with Crippen LogP contribution in [0.1, 0.15) is 36.8 Å². The van der Waals surface area contributed by atoms with Gasteiger partial charge in [0.25, 0.3) is 0 Å². The van der Waals surface area contributed by atoms with E-state index in [1.54, 1.807) is 0 Å². The molecular formula is C16H22N2S. The number of aryl methyl sites for hydroxylation is 2. The molecular weight excluding hydrogens is 252 g/mol. The standard InChI is InChI=1S/C16H22N2S/c1-12-6-7-15(13(2)9-12)19-14-5-4-8-16(10-14,11-17)18-3/h6-7,9,14,18H,4-5,8,10H2,1-3H3. The van der Waals surface area contributed by atoms with Crippen molar-refractivity contribution in [3.8, 4) is 6.07 Å². The lowest BCUT2D eigenvalue weighted by Gasteiger charge is -2.35. The Balaban J connectivity index is 2.09. The monoisotopic (exact) mass is 274 g/mol. The molecule has 19 heavy (non-hydrogen) atoms. The van der Waals surface area contributed by atoms with Crippen LogP contribution < -0.4 is 5.32 Å². The summed E-state index contributed by atoms with van der Waals surface area (Å²) in [6.07, 6.45) is 4.27. The summed E-state index contributed by atoms with van der Waals surface area (Å²) in [5, 5.41) is 13.2. The summed E-state index contributed by atoms with van der Waals surface area (Å²) in [7, 11) is 1.91. The normalized spacial score (nSPS) is 26.9. The summed E-state index contributed by atoms with van der Waals surface area (Å²) >= 11 is 1.94. The smallest absolute Gasteiger partial charge is 0.107 e. The van der Waals surface area contributed by atoms with Gasteiger partial charge in [0.05, 0.1) is 6.07 Å². The van der Waals surface area contributed by atoms with Gasteiger partial charge in [-0.25, -0.2) is 0 Å². The Labute approximate surface area is 120 Å². The molecule has 2 atom stereocenters. The topological polar surface area (TPSA) is 35.8 Å². The zero-order chi connectivity index (χ0) is 13.9. The second-order valence-electron chi connectivity index (χ2n) is 5.55. The maximum absolute atomic E-state index is 9.39. The molecule has 1 aliphatic carbocycles. The quantitative estimate of drug-likeness (QED) is 0.910. The summed E-state index contributed by atoms with van der Waals surface area (Å²) in [6, 6.07) is 9.11. The molecule has 102 valence electrons. The fraction of sp³-hybridized carbons (Fsp3) is 0.562. The minimum Gasteiger partial charge on any atom is -0.302 e. The number of nitrogens with one attached hydrogen (secondary N) is 1. The van der Waals surface area contributed by atoms with Gasteiger partial charge in [0, 0.05) is 10.1 Å². The fourth-order valence-electron chi connectivity index (χ4n) is 2.82. The van der Waals surface area contributed by atoms with Crippen molar-refractivity contribution >= 4 is 11.8 Å². The van der Waals surface area contributed by atoms with Crippen LogP contribution in [0, 0.1) is 25.2 Å². The van der Waals surface area contributed by atoms with Gasteiger partial charge < -0.3 is 5.32 Å².